The molecule has 26 heavy (non-hydrogen) atoms. The molecule has 1 rings (SSSR count). The van der Waals surface area contributed by atoms with Crippen LogP contribution < -0.4 is 4.74 Å². The number of aliphatic hydroxyl groups excluding tert-OH is 1. The van der Waals surface area contributed by atoms with E-state index in [0.717, 1.165) is 0 Å². The van der Waals surface area contributed by atoms with Crippen molar-refractivity contribution in [3.05, 3.63) is 44.8 Å². The van der Waals surface area contributed by atoms with Gasteiger partial charge in [-0.25, -0.2) is 0 Å². The van der Waals surface area contributed by atoms with Crippen molar-refractivity contribution in [1.29, 1.82) is 0 Å². The Bertz CT molecular complexity index is 654. The van der Waals surface area contributed by atoms with Crippen molar-refractivity contribution >= 4 is 14.0 Å². The monoisotopic (exact) mass is 382 g/mol. The minimum atomic E-state index is -2.05. The maximum atomic E-state index is 10.6. The number of nitrogens with zero attached hydrogens (tertiary/aromatic N) is 4. The molecule has 1 aromatic carbocycles. The van der Waals surface area contributed by atoms with Crippen molar-refractivity contribution in [1.82, 2.24) is 0 Å². The van der Waals surface area contributed by atoms with E-state index in [1.54, 1.807) is 0 Å². The largest absolute Gasteiger partial charge is 0.491 e. The zero-order valence-electron chi connectivity index (χ0n) is 15.7. The van der Waals surface area contributed by atoms with Crippen LogP contribution in [0.4, 0.5) is 5.69 Å². The standard InChI is InChI=1S/C16H26N4O5Si/c1-16(2,3)26(4,5)25-10-14(18-19-17)15(21)11-24-13-8-6-12(7-9-13)20(22)23/h6-9,14-15,21H,10-11H2,1-5H3/t14-,15+/m0/s1. The van der Waals surface area contributed by atoms with Gasteiger partial charge < -0.3 is 14.3 Å². The predicted octanol–water partition coefficient (Wildman–Crippen LogP) is 4.04. The number of hydrogen-bond acceptors (Lipinski definition) is 6. The molecule has 0 aromatic heterocycles. The number of aliphatic hydroxyl groups is 1. The summed E-state index contributed by atoms with van der Waals surface area (Å²) in [6, 6.07) is 4.73. The lowest BCUT2D eigenvalue weighted by Gasteiger charge is -2.37. The molecule has 0 bridgehead atoms. The molecule has 0 radical (unpaired) electrons. The Kier molecular flexibility index (Phi) is 7.58. The molecule has 144 valence electrons. The maximum Gasteiger partial charge on any atom is 0.269 e. The van der Waals surface area contributed by atoms with Gasteiger partial charge in [0.05, 0.1) is 17.1 Å². The quantitative estimate of drug-likeness (QED) is 0.172. The van der Waals surface area contributed by atoms with Crippen LogP contribution in [0.3, 0.4) is 0 Å². The molecule has 0 spiro atoms. The topological polar surface area (TPSA) is 131 Å². The zero-order valence-corrected chi connectivity index (χ0v) is 16.7. The minimum absolute atomic E-state index is 0.00584. The molecule has 0 heterocycles. The molecule has 9 nitrogen and oxygen atoms in total. The van der Waals surface area contributed by atoms with Crippen molar-refractivity contribution < 1.29 is 19.2 Å². The smallest absolute Gasteiger partial charge is 0.269 e. The lowest BCUT2D eigenvalue weighted by Crippen LogP contribution is -2.44. The second-order valence-corrected chi connectivity index (χ2v) is 12.3. The van der Waals surface area contributed by atoms with Gasteiger partial charge in [-0.1, -0.05) is 25.9 Å². The van der Waals surface area contributed by atoms with Crippen LogP contribution in [0.1, 0.15) is 20.8 Å². The zero-order chi connectivity index (χ0) is 20.0. The van der Waals surface area contributed by atoms with Crippen molar-refractivity contribution in [2.45, 2.75) is 51.0 Å². The van der Waals surface area contributed by atoms with Gasteiger partial charge in [-0.05, 0) is 35.8 Å². The minimum Gasteiger partial charge on any atom is -0.491 e. The van der Waals surface area contributed by atoms with E-state index in [9.17, 15) is 15.2 Å². The number of nitro benzene ring substituents is 1. The van der Waals surface area contributed by atoms with Gasteiger partial charge in [0.15, 0.2) is 8.32 Å². The SMILES string of the molecule is CC(C)(C)[Si](C)(C)OC[C@H](N=[N+]=[N-])[C@H](O)COc1ccc([N+](=O)[O-])cc1. The number of ether oxygens (including phenoxy) is 1. The van der Waals surface area contributed by atoms with Crippen molar-refractivity contribution in [3.63, 3.8) is 0 Å². The summed E-state index contributed by atoms with van der Waals surface area (Å²) in [7, 11) is -2.05. The molecular weight excluding hydrogens is 356 g/mol. The summed E-state index contributed by atoms with van der Waals surface area (Å²) in [5.74, 6) is 0.375. The molecule has 10 heteroatoms. The lowest BCUT2D eigenvalue weighted by atomic mass is 10.2. The highest BCUT2D eigenvalue weighted by atomic mass is 28.4. The fourth-order valence-electron chi connectivity index (χ4n) is 1.75. The normalized spacial score (nSPS) is 14.2. The van der Waals surface area contributed by atoms with Gasteiger partial charge in [0.1, 0.15) is 12.4 Å². The lowest BCUT2D eigenvalue weighted by molar-refractivity contribution is -0.384. The first-order valence-electron chi connectivity index (χ1n) is 8.21. The van der Waals surface area contributed by atoms with Gasteiger partial charge in [-0.15, -0.1) is 0 Å². The summed E-state index contributed by atoms with van der Waals surface area (Å²) < 4.78 is 11.4. The summed E-state index contributed by atoms with van der Waals surface area (Å²) in [6.45, 7) is 10.4. The van der Waals surface area contributed by atoms with Gasteiger partial charge in [0.2, 0.25) is 0 Å². The number of nitro groups is 1. The molecule has 0 aliphatic carbocycles. The van der Waals surface area contributed by atoms with Crippen molar-refractivity contribution in [2.24, 2.45) is 5.11 Å². The summed E-state index contributed by atoms with van der Waals surface area (Å²) in [5.41, 5.74) is 8.69. The van der Waals surface area contributed by atoms with E-state index >= 15 is 0 Å². The van der Waals surface area contributed by atoms with E-state index in [1.165, 1.54) is 24.3 Å². The van der Waals surface area contributed by atoms with E-state index in [1.807, 2.05) is 0 Å². The van der Waals surface area contributed by atoms with E-state index in [2.05, 4.69) is 43.9 Å². The maximum absolute atomic E-state index is 10.6. The van der Waals surface area contributed by atoms with E-state index in [-0.39, 0.29) is 23.9 Å². The van der Waals surface area contributed by atoms with E-state index in [0.29, 0.717) is 5.75 Å². The molecule has 0 unspecified atom stereocenters. The van der Waals surface area contributed by atoms with Crippen molar-refractivity contribution in [3.8, 4) is 5.75 Å². The average Bonchev–Trinajstić information content (AvgIpc) is 2.55. The number of azide groups is 1. The number of rotatable bonds is 9. The highest BCUT2D eigenvalue weighted by molar-refractivity contribution is 6.74. The van der Waals surface area contributed by atoms with Gasteiger partial charge in [-0.2, -0.15) is 0 Å². The first kappa shape index (κ1) is 21.9. The highest BCUT2D eigenvalue weighted by Crippen LogP contribution is 2.36. The molecule has 1 aromatic rings. The molecule has 0 fully saturated rings. The number of hydrogen-bond donors (Lipinski definition) is 1. The van der Waals surface area contributed by atoms with Crippen LogP contribution in [0.15, 0.2) is 29.4 Å². The van der Waals surface area contributed by atoms with Gasteiger partial charge >= 0.3 is 0 Å². The first-order chi connectivity index (χ1) is 12.0. The summed E-state index contributed by atoms with van der Waals surface area (Å²) in [4.78, 5) is 12.9. The highest BCUT2D eigenvalue weighted by Gasteiger charge is 2.38. The predicted molar refractivity (Wildman–Crippen MR) is 101 cm³/mol. The molecule has 1 N–H and O–H groups in total. The second-order valence-electron chi connectivity index (χ2n) is 7.47. The number of non-ortho nitro benzene ring substituents is 1. The third kappa shape index (κ3) is 6.30. The summed E-state index contributed by atoms with van der Waals surface area (Å²) >= 11 is 0. The van der Waals surface area contributed by atoms with Gasteiger partial charge in [0.25, 0.3) is 5.69 Å². The van der Waals surface area contributed by atoms with Gasteiger partial charge in [-0.3, -0.25) is 10.1 Å². The summed E-state index contributed by atoms with van der Waals surface area (Å²) in [5, 5.41) is 24.5. The summed E-state index contributed by atoms with van der Waals surface area (Å²) in [6.07, 6.45) is -1.06. The van der Waals surface area contributed by atoms with Crippen LogP contribution in [0.2, 0.25) is 18.1 Å². The van der Waals surface area contributed by atoms with Crippen LogP contribution in [-0.2, 0) is 4.43 Å². The molecule has 0 aliphatic heterocycles. The van der Waals surface area contributed by atoms with Crippen LogP contribution in [0.25, 0.3) is 10.4 Å². The van der Waals surface area contributed by atoms with Crippen LogP contribution >= 0.6 is 0 Å². The molecule has 0 amide bonds. The molecule has 2 atom stereocenters. The van der Waals surface area contributed by atoms with Gasteiger partial charge in [0, 0.05) is 23.7 Å². The molecule has 0 aliphatic rings. The Morgan fingerprint density at radius 3 is 2.35 bits per heavy atom. The Balaban J connectivity index is 2.66. The fraction of sp³-hybridized carbons (Fsp3) is 0.625. The van der Waals surface area contributed by atoms with Crippen LogP contribution in [0.5, 0.6) is 5.75 Å². The first-order valence-corrected chi connectivity index (χ1v) is 11.1. The van der Waals surface area contributed by atoms with Crippen molar-refractivity contribution in [2.75, 3.05) is 13.2 Å². The Morgan fingerprint density at radius 2 is 1.88 bits per heavy atom. The Hall–Kier alpha value is -2.13. The van der Waals surface area contributed by atoms with Crippen LogP contribution in [-0.4, -0.2) is 43.7 Å². The molecule has 0 saturated heterocycles. The second kappa shape index (κ2) is 8.99. The molecule has 0 saturated carbocycles. The Labute approximate surface area is 153 Å². The third-order valence-corrected chi connectivity index (χ3v) is 9.03. The van der Waals surface area contributed by atoms with Crippen LogP contribution in [0, 0.1) is 10.1 Å². The van der Waals surface area contributed by atoms with E-state index in [4.69, 9.17) is 14.7 Å². The fourth-order valence-corrected chi connectivity index (χ4v) is 2.78. The molecular formula is C16H26N4O5Si. The number of benzene rings is 1. The van der Waals surface area contributed by atoms with E-state index < -0.39 is 25.4 Å². The third-order valence-electron chi connectivity index (χ3n) is 4.53. The average molecular weight is 382 g/mol. The Morgan fingerprint density at radius 1 is 1.31 bits per heavy atom.